The average molecular weight is 518 g/mol. The molecule has 4 rings (SSSR count). The first kappa shape index (κ1) is 24.9. The molecule has 0 saturated carbocycles. The van der Waals surface area contributed by atoms with E-state index in [4.69, 9.17) is 0 Å². The van der Waals surface area contributed by atoms with Crippen LogP contribution in [0.5, 0.6) is 0 Å². The van der Waals surface area contributed by atoms with Gasteiger partial charge < -0.3 is 21.9 Å². The molecule has 0 fully saturated rings. The Morgan fingerprint density at radius 1 is 0.576 bits per heavy atom. The van der Waals surface area contributed by atoms with E-state index < -0.39 is 7.26 Å². The third-order valence-electron chi connectivity index (χ3n) is 5.98. The topological polar surface area (TPSA) is 20.3 Å². The Hall–Kier alpha value is -2.74. The van der Waals surface area contributed by atoms with Gasteiger partial charge in [0.05, 0.1) is 0 Å². The molecule has 4 heteroatoms. The van der Waals surface area contributed by atoms with E-state index in [1.54, 1.807) is 0 Å². The van der Waals surface area contributed by atoms with Gasteiger partial charge in [0, 0.05) is 18.7 Å². The van der Waals surface area contributed by atoms with Gasteiger partial charge in [-0.05, 0) is 74.5 Å². The monoisotopic (exact) mass is 517 g/mol. The van der Waals surface area contributed by atoms with Crippen LogP contribution in [0.3, 0.4) is 0 Å². The van der Waals surface area contributed by atoms with Crippen LogP contribution in [0.15, 0.2) is 115 Å². The second-order valence-corrected chi connectivity index (χ2v) is 11.1. The molecule has 168 valence electrons. The molecule has 2 nitrogen and oxygen atoms in total. The maximum atomic E-state index is 12.9. The third kappa shape index (κ3) is 4.81. The van der Waals surface area contributed by atoms with Crippen molar-refractivity contribution < 1.29 is 21.8 Å². The first-order valence-electron chi connectivity index (χ1n) is 11.2. The van der Waals surface area contributed by atoms with Crippen LogP contribution >= 0.6 is 7.26 Å². The molecule has 0 aromatic heterocycles. The standard InChI is InChI=1S/C29H29NOP.BrH/c1-3-30(4-2)29(31)24-20-22-28(23-21-24)32(25-14-8-5-9-15-25,26-16-10-6-11-17-26)27-18-12-7-13-19-27;/h5-23H,3-4H2,1-2H3;1H/q+1;/p-1. The van der Waals surface area contributed by atoms with Crippen molar-refractivity contribution in [3.05, 3.63) is 121 Å². The molecule has 4 aromatic carbocycles. The predicted molar refractivity (Wildman–Crippen MR) is 138 cm³/mol. The van der Waals surface area contributed by atoms with Gasteiger partial charge in [0.25, 0.3) is 5.91 Å². The van der Waals surface area contributed by atoms with E-state index in [9.17, 15) is 4.79 Å². The lowest BCUT2D eigenvalue weighted by Gasteiger charge is -2.27. The number of nitrogens with zero attached hydrogens (tertiary/aromatic N) is 1. The molecule has 0 aliphatic heterocycles. The summed E-state index contributed by atoms with van der Waals surface area (Å²) in [4.78, 5) is 14.8. The van der Waals surface area contributed by atoms with Gasteiger partial charge in [-0.15, -0.1) is 0 Å². The Kier molecular flexibility index (Phi) is 8.61. The molecule has 4 aromatic rings. The molecular weight excluding hydrogens is 489 g/mol. The zero-order valence-corrected chi connectivity index (χ0v) is 21.5. The molecule has 0 aliphatic carbocycles. The van der Waals surface area contributed by atoms with Gasteiger partial charge >= 0.3 is 0 Å². The fourth-order valence-corrected chi connectivity index (χ4v) is 8.61. The summed E-state index contributed by atoms with van der Waals surface area (Å²) in [6, 6.07) is 40.7. The number of carbonyl (C=O) groups excluding carboxylic acids is 1. The highest BCUT2D eigenvalue weighted by Crippen LogP contribution is 2.54. The molecule has 1 amide bonds. The largest absolute Gasteiger partial charge is 1.00 e. The molecule has 33 heavy (non-hydrogen) atoms. The van der Waals surface area contributed by atoms with Gasteiger partial charge in [-0.2, -0.15) is 0 Å². The lowest BCUT2D eigenvalue weighted by molar-refractivity contribution is -0.0000163. The first-order chi connectivity index (χ1) is 15.7. The molecule has 0 atom stereocenters. The fraction of sp³-hybridized carbons (Fsp3) is 0.138. The highest BCUT2D eigenvalue weighted by molar-refractivity contribution is 8.01. The van der Waals surface area contributed by atoms with Gasteiger partial charge in [-0.3, -0.25) is 4.79 Å². The Labute approximate surface area is 208 Å². The van der Waals surface area contributed by atoms with Crippen LogP contribution in [0.25, 0.3) is 0 Å². The summed E-state index contributed by atoms with van der Waals surface area (Å²) >= 11 is 0. The van der Waals surface area contributed by atoms with E-state index in [0.29, 0.717) is 13.1 Å². The van der Waals surface area contributed by atoms with Crippen LogP contribution < -0.4 is 38.2 Å². The fourth-order valence-electron chi connectivity index (χ4n) is 4.37. The first-order valence-corrected chi connectivity index (χ1v) is 13.0. The molecule has 0 radical (unpaired) electrons. The SMILES string of the molecule is CCN(CC)C(=O)c1ccc([P+](c2ccccc2)(c2ccccc2)c2ccccc2)cc1.[Br-]. The summed E-state index contributed by atoms with van der Waals surface area (Å²) in [5.41, 5.74) is 0.740. The van der Waals surface area contributed by atoms with E-state index in [0.717, 1.165) is 5.56 Å². The number of halogens is 1. The van der Waals surface area contributed by atoms with Gasteiger partial charge in [0.2, 0.25) is 0 Å². The minimum Gasteiger partial charge on any atom is -1.00 e. The molecular formula is C29H29BrNOP. The van der Waals surface area contributed by atoms with E-state index in [1.165, 1.54) is 21.2 Å². The van der Waals surface area contributed by atoms with Crippen molar-refractivity contribution in [3.8, 4) is 0 Å². The quantitative estimate of drug-likeness (QED) is 0.342. The van der Waals surface area contributed by atoms with E-state index >= 15 is 0 Å². The van der Waals surface area contributed by atoms with Crippen molar-refractivity contribution in [2.45, 2.75) is 13.8 Å². The van der Waals surface area contributed by atoms with Gasteiger partial charge in [0.15, 0.2) is 0 Å². The second-order valence-electron chi connectivity index (χ2n) is 7.70. The summed E-state index contributed by atoms with van der Waals surface area (Å²) in [5.74, 6) is 0.0876. The highest BCUT2D eigenvalue weighted by atomic mass is 79.9. The summed E-state index contributed by atoms with van der Waals surface area (Å²) in [6.07, 6.45) is 0. The average Bonchev–Trinajstić information content (AvgIpc) is 2.88. The van der Waals surface area contributed by atoms with Crippen molar-refractivity contribution >= 4 is 34.4 Å². The van der Waals surface area contributed by atoms with E-state index in [1.807, 2.05) is 30.9 Å². The number of rotatable bonds is 7. The lowest BCUT2D eigenvalue weighted by Crippen LogP contribution is -3.00. The summed E-state index contributed by atoms with van der Waals surface area (Å²) in [6.45, 7) is 5.47. The molecule has 0 heterocycles. The zero-order valence-electron chi connectivity index (χ0n) is 19.1. The van der Waals surface area contributed by atoms with Crippen molar-refractivity contribution in [2.24, 2.45) is 0 Å². The highest BCUT2D eigenvalue weighted by Gasteiger charge is 2.47. The lowest BCUT2D eigenvalue weighted by atomic mass is 10.2. The summed E-state index contributed by atoms with van der Waals surface area (Å²) in [5, 5.41) is 5.16. The Morgan fingerprint density at radius 3 is 1.24 bits per heavy atom. The van der Waals surface area contributed by atoms with Crippen LogP contribution in [-0.2, 0) is 0 Å². The number of carbonyl (C=O) groups is 1. The molecule has 0 unspecified atom stereocenters. The number of benzene rings is 4. The predicted octanol–water partition coefficient (Wildman–Crippen LogP) is 1.79. The van der Waals surface area contributed by atoms with Crippen molar-refractivity contribution in [1.29, 1.82) is 0 Å². The van der Waals surface area contributed by atoms with Gasteiger partial charge in [0.1, 0.15) is 28.5 Å². The second kappa shape index (κ2) is 11.4. The Balaban J connectivity index is 0.00000306. The normalized spacial score (nSPS) is 10.8. The van der Waals surface area contributed by atoms with Gasteiger partial charge in [-0.1, -0.05) is 54.6 Å². The van der Waals surface area contributed by atoms with Crippen LogP contribution in [0.4, 0.5) is 0 Å². The Bertz CT molecular complexity index is 1050. The number of hydrogen-bond acceptors (Lipinski definition) is 1. The van der Waals surface area contributed by atoms with Crippen LogP contribution in [0, 0.1) is 0 Å². The molecule has 0 saturated heterocycles. The van der Waals surface area contributed by atoms with Crippen molar-refractivity contribution in [3.63, 3.8) is 0 Å². The maximum Gasteiger partial charge on any atom is 0.253 e. The maximum absolute atomic E-state index is 12.9. The Morgan fingerprint density at radius 2 is 0.909 bits per heavy atom. The molecule has 0 spiro atoms. The number of amides is 1. The minimum absolute atomic E-state index is 0. The van der Waals surface area contributed by atoms with Crippen molar-refractivity contribution in [1.82, 2.24) is 4.90 Å². The number of hydrogen-bond donors (Lipinski definition) is 0. The van der Waals surface area contributed by atoms with Crippen LogP contribution in [-0.4, -0.2) is 23.9 Å². The molecule has 0 aliphatic rings. The van der Waals surface area contributed by atoms with Crippen molar-refractivity contribution in [2.75, 3.05) is 13.1 Å². The molecule has 0 N–H and O–H groups in total. The molecule has 0 bridgehead atoms. The van der Waals surface area contributed by atoms with E-state index in [-0.39, 0.29) is 22.9 Å². The summed E-state index contributed by atoms with van der Waals surface area (Å²) in [7, 11) is -2.12. The van der Waals surface area contributed by atoms with Crippen LogP contribution in [0.2, 0.25) is 0 Å². The zero-order chi connectivity index (χ0) is 22.4. The minimum atomic E-state index is -2.12. The van der Waals surface area contributed by atoms with Crippen LogP contribution in [0.1, 0.15) is 24.2 Å². The van der Waals surface area contributed by atoms with Gasteiger partial charge in [-0.25, -0.2) is 0 Å². The smallest absolute Gasteiger partial charge is 0.253 e. The third-order valence-corrected chi connectivity index (χ3v) is 10.3. The van der Waals surface area contributed by atoms with E-state index in [2.05, 4.69) is 103 Å². The summed E-state index contributed by atoms with van der Waals surface area (Å²) < 4.78 is 0.